The van der Waals surface area contributed by atoms with Crippen LogP contribution in [0.3, 0.4) is 0 Å². The van der Waals surface area contributed by atoms with Gasteiger partial charge in [0.15, 0.2) is 10.5 Å². The Hall–Kier alpha value is -2.30. The van der Waals surface area contributed by atoms with E-state index in [0.717, 1.165) is 7.11 Å². The largest absolute Gasteiger partial charge is 0.481 e. The van der Waals surface area contributed by atoms with Crippen molar-refractivity contribution >= 4 is 44.1 Å². The van der Waals surface area contributed by atoms with Crippen molar-refractivity contribution in [3.05, 3.63) is 0 Å². The van der Waals surface area contributed by atoms with Gasteiger partial charge in [-0.05, 0) is 0 Å². The van der Waals surface area contributed by atoms with Crippen LogP contribution in [0.15, 0.2) is 0 Å². The van der Waals surface area contributed by atoms with Gasteiger partial charge in [-0.25, -0.2) is 0 Å². The highest BCUT2D eigenvalue weighted by molar-refractivity contribution is 7.87. The van der Waals surface area contributed by atoms with Crippen LogP contribution in [0.25, 0.3) is 0 Å². The fourth-order valence-electron chi connectivity index (χ4n) is 1.08. The lowest BCUT2D eigenvalue weighted by atomic mass is 10.3. The van der Waals surface area contributed by atoms with Gasteiger partial charge in [0.05, 0.1) is 20.0 Å². The number of hydrogen-bond acceptors (Lipinski definition) is 9. The van der Waals surface area contributed by atoms with Gasteiger partial charge in [-0.3, -0.25) is 28.3 Å². The lowest BCUT2D eigenvalue weighted by Gasteiger charge is -2.07. The first kappa shape index (κ1) is 24.9. The summed E-state index contributed by atoms with van der Waals surface area (Å²) < 4.78 is 62.0. The fraction of sp³-hybridized carbons (Fsp3) is 0.556. The summed E-state index contributed by atoms with van der Waals surface area (Å²) >= 11 is 0. The molecule has 14 nitrogen and oxygen atoms in total. The lowest BCUT2D eigenvalue weighted by molar-refractivity contribution is -0.145. The molecule has 0 bridgehead atoms. The summed E-state index contributed by atoms with van der Waals surface area (Å²) in [4.78, 5) is 40.8. The molecule has 0 aliphatic heterocycles. The molecule has 0 spiro atoms. The maximum Gasteiger partial charge on any atom is 0.327 e. The third-order valence-corrected chi connectivity index (χ3v) is 4.34. The summed E-state index contributed by atoms with van der Waals surface area (Å²) in [5, 5.41) is 20.1. The Morgan fingerprint density at radius 3 is 1.28 bits per heavy atom. The number of carboxylic acids is 3. The predicted octanol–water partition coefficient (Wildman–Crippen LogP) is -2.31. The van der Waals surface area contributed by atoms with E-state index < -0.39 is 67.5 Å². The third-order valence-electron chi connectivity index (χ3n) is 2.18. The average molecular weight is 410 g/mol. The van der Waals surface area contributed by atoms with Crippen LogP contribution in [0.4, 0.5) is 0 Å². The summed E-state index contributed by atoms with van der Waals surface area (Å²) in [7, 11) is -8.68. The van der Waals surface area contributed by atoms with Gasteiger partial charge in [0.2, 0.25) is 0 Å². The molecule has 0 aromatic rings. The number of methoxy groups -OCH3 is 1. The van der Waals surface area contributed by atoms with E-state index in [0.29, 0.717) is 0 Å². The molecule has 0 aliphatic rings. The van der Waals surface area contributed by atoms with Crippen LogP contribution in [0.5, 0.6) is 0 Å². The molecule has 16 heteroatoms. The van der Waals surface area contributed by atoms with E-state index in [2.05, 4.69) is 4.74 Å². The van der Waals surface area contributed by atoms with Crippen molar-refractivity contribution in [3.63, 3.8) is 0 Å². The van der Waals surface area contributed by atoms with Crippen LogP contribution in [0.1, 0.15) is 12.8 Å². The molecule has 2 atom stereocenters. The maximum absolute atomic E-state index is 10.7. The minimum absolute atomic E-state index is 0.891. The van der Waals surface area contributed by atoms with Crippen LogP contribution in [-0.4, -0.2) is 82.7 Å². The number of carbonyl (C=O) groups is 4. The van der Waals surface area contributed by atoms with E-state index in [4.69, 9.17) is 24.4 Å². The molecule has 0 amide bonds. The van der Waals surface area contributed by atoms with E-state index in [1.54, 1.807) is 0 Å². The molecule has 25 heavy (non-hydrogen) atoms. The Labute approximate surface area is 140 Å². The number of carboxylic acid groups (broad SMARTS) is 3. The van der Waals surface area contributed by atoms with Crippen LogP contribution in [0.2, 0.25) is 0 Å². The molecule has 0 heterocycles. The van der Waals surface area contributed by atoms with Gasteiger partial charge in [0.1, 0.15) is 0 Å². The standard InChI is InChI=1S/C5H8O7S.C4H6O7S/c1-12-5(8)3(2-4(6)7)13(9,10)11;5-3(6)1-2(4(7)8)12(9,10)11/h3H,2H2,1H3,(H,6,7)(H,9,10,11);2H,1H2,(H,5,6)(H,7,8)(H,9,10,11). The second-order valence-corrected chi connectivity index (χ2v) is 7.26. The molecule has 0 aromatic heterocycles. The Bertz CT molecular complexity index is 717. The van der Waals surface area contributed by atoms with Crippen molar-refractivity contribution in [1.82, 2.24) is 0 Å². The Balaban J connectivity index is 0. The van der Waals surface area contributed by atoms with Crippen molar-refractivity contribution in [1.29, 1.82) is 0 Å². The molecule has 0 saturated carbocycles. The van der Waals surface area contributed by atoms with Crippen molar-refractivity contribution in [2.45, 2.75) is 23.3 Å². The lowest BCUT2D eigenvalue weighted by Crippen LogP contribution is -2.33. The minimum Gasteiger partial charge on any atom is -0.481 e. The molecule has 0 fully saturated rings. The van der Waals surface area contributed by atoms with Crippen LogP contribution in [0, 0.1) is 0 Å². The zero-order valence-electron chi connectivity index (χ0n) is 12.3. The molecule has 146 valence electrons. The van der Waals surface area contributed by atoms with E-state index in [1.807, 2.05) is 0 Å². The fourth-order valence-corrected chi connectivity index (χ4v) is 2.38. The topological polar surface area (TPSA) is 247 Å². The molecular weight excluding hydrogens is 396 g/mol. The predicted molar refractivity (Wildman–Crippen MR) is 74.8 cm³/mol. The zero-order chi connectivity index (χ0) is 20.6. The van der Waals surface area contributed by atoms with Gasteiger partial charge in [0.25, 0.3) is 20.2 Å². The van der Waals surface area contributed by atoms with E-state index in [-0.39, 0.29) is 0 Å². The summed E-state index contributed by atoms with van der Waals surface area (Å²) in [6.45, 7) is 0. The van der Waals surface area contributed by atoms with Gasteiger partial charge in [-0.1, -0.05) is 0 Å². The molecule has 0 aliphatic carbocycles. The number of ether oxygens (including phenoxy) is 1. The normalized spacial score (nSPS) is 13.6. The number of hydrogen-bond donors (Lipinski definition) is 5. The van der Waals surface area contributed by atoms with E-state index in [9.17, 15) is 36.0 Å². The van der Waals surface area contributed by atoms with Gasteiger partial charge >= 0.3 is 23.9 Å². The summed E-state index contributed by atoms with van der Waals surface area (Å²) in [6.07, 6.45) is -2.18. The quantitative estimate of drug-likeness (QED) is 0.208. The van der Waals surface area contributed by atoms with Crippen molar-refractivity contribution in [3.8, 4) is 0 Å². The van der Waals surface area contributed by atoms with E-state index in [1.165, 1.54) is 0 Å². The van der Waals surface area contributed by atoms with E-state index >= 15 is 0 Å². The zero-order valence-corrected chi connectivity index (χ0v) is 13.9. The minimum atomic E-state index is -4.84. The first-order valence-electron chi connectivity index (χ1n) is 5.70. The molecule has 0 radical (unpaired) electrons. The highest BCUT2D eigenvalue weighted by atomic mass is 32.2. The highest BCUT2D eigenvalue weighted by Crippen LogP contribution is 2.06. The second-order valence-electron chi connectivity index (χ2n) is 4.06. The molecule has 5 N–H and O–H groups in total. The summed E-state index contributed by atoms with van der Waals surface area (Å²) in [6, 6.07) is 0. The SMILES string of the molecule is COC(=O)C(CC(=O)O)S(=O)(=O)O.O=C(O)CC(C(=O)O)S(=O)(=O)O. The van der Waals surface area contributed by atoms with Gasteiger partial charge in [-0.15, -0.1) is 0 Å². The first-order valence-corrected chi connectivity index (χ1v) is 8.71. The van der Waals surface area contributed by atoms with Gasteiger partial charge in [0, 0.05) is 0 Å². The third kappa shape index (κ3) is 11.0. The second kappa shape index (κ2) is 9.87. The average Bonchev–Trinajstić information content (AvgIpc) is 2.39. The Morgan fingerprint density at radius 1 is 0.800 bits per heavy atom. The molecular formula is C9H14O14S2. The Morgan fingerprint density at radius 2 is 1.12 bits per heavy atom. The van der Waals surface area contributed by atoms with Crippen molar-refractivity contribution < 1.29 is 65.2 Å². The van der Waals surface area contributed by atoms with Crippen molar-refractivity contribution in [2.75, 3.05) is 7.11 Å². The molecule has 0 aromatic carbocycles. The summed E-state index contributed by atoms with van der Waals surface area (Å²) in [5.41, 5.74) is 0. The number of aliphatic carboxylic acids is 3. The molecule has 0 rings (SSSR count). The summed E-state index contributed by atoms with van der Waals surface area (Å²) in [5.74, 6) is -6.32. The number of carbonyl (C=O) groups excluding carboxylic acids is 1. The monoisotopic (exact) mass is 410 g/mol. The van der Waals surface area contributed by atoms with Crippen LogP contribution in [-0.2, 0) is 44.2 Å². The Kier molecular flexibility index (Phi) is 9.84. The van der Waals surface area contributed by atoms with Crippen LogP contribution >= 0.6 is 0 Å². The first-order chi connectivity index (χ1) is 11.0. The number of rotatable bonds is 8. The molecule has 0 saturated heterocycles. The van der Waals surface area contributed by atoms with Gasteiger partial charge in [-0.2, -0.15) is 16.8 Å². The van der Waals surface area contributed by atoms with Crippen molar-refractivity contribution in [2.24, 2.45) is 0 Å². The number of esters is 1. The molecule has 2 unspecified atom stereocenters. The maximum atomic E-state index is 10.7. The highest BCUT2D eigenvalue weighted by Gasteiger charge is 2.34. The smallest absolute Gasteiger partial charge is 0.327 e. The van der Waals surface area contributed by atoms with Gasteiger partial charge < -0.3 is 20.1 Å². The van der Waals surface area contributed by atoms with Crippen LogP contribution < -0.4 is 0 Å².